The Hall–Kier alpha value is -1.35. The van der Waals surface area contributed by atoms with E-state index in [1.54, 1.807) is 0 Å². The van der Waals surface area contributed by atoms with Gasteiger partial charge in [0.05, 0.1) is 18.7 Å². The van der Waals surface area contributed by atoms with Crippen molar-refractivity contribution in [3.63, 3.8) is 0 Å². The molecule has 0 atom stereocenters. The minimum atomic E-state index is 0.180. The number of piperidine rings is 1. The molecule has 3 nitrogen and oxygen atoms in total. The third-order valence-corrected chi connectivity index (χ3v) is 4.14. The Bertz CT molecular complexity index is 476. The van der Waals surface area contributed by atoms with Crippen LogP contribution in [0.15, 0.2) is 18.2 Å². The van der Waals surface area contributed by atoms with Gasteiger partial charge >= 0.3 is 0 Å². The fraction of sp³-hybridized carbons (Fsp3) is 0.611. The summed E-state index contributed by atoms with van der Waals surface area (Å²) in [5.74, 6) is 1.70. The van der Waals surface area contributed by atoms with Crippen molar-refractivity contribution < 1.29 is 9.53 Å². The molecule has 1 aliphatic heterocycles. The lowest BCUT2D eigenvalue weighted by atomic mass is 9.98. The molecule has 1 aliphatic rings. The van der Waals surface area contributed by atoms with Gasteiger partial charge in [-0.05, 0) is 57.3 Å². The quantitative estimate of drug-likeness (QED) is 0.748. The molecular formula is C18H27NO2. The highest BCUT2D eigenvalue weighted by atomic mass is 16.5. The van der Waals surface area contributed by atoms with E-state index < -0.39 is 0 Å². The third-order valence-electron chi connectivity index (χ3n) is 4.14. The van der Waals surface area contributed by atoms with E-state index in [0.29, 0.717) is 13.2 Å². The lowest BCUT2D eigenvalue weighted by molar-refractivity contribution is 0.0895. The Morgan fingerprint density at radius 1 is 1.33 bits per heavy atom. The summed E-state index contributed by atoms with van der Waals surface area (Å²) in [4.78, 5) is 14.9. The second-order valence-electron chi connectivity index (χ2n) is 6.23. The Morgan fingerprint density at radius 2 is 2.05 bits per heavy atom. The molecule has 1 saturated heterocycles. The number of carbonyl (C=O) groups excluding carboxylic acids is 1. The molecule has 1 fully saturated rings. The highest BCUT2D eigenvalue weighted by Gasteiger charge is 2.20. The zero-order valence-electron chi connectivity index (χ0n) is 13.5. The molecule has 0 amide bonds. The highest BCUT2D eigenvalue weighted by molar-refractivity contribution is 6.00. The summed E-state index contributed by atoms with van der Waals surface area (Å²) in [5, 5.41) is 0. The fourth-order valence-electron chi connectivity index (χ4n) is 2.71. The summed E-state index contributed by atoms with van der Waals surface area (Å²) in [6.07, 6.45) is 3.34. The Kier molecular flexibility index (Phi) is 5.80. The van der Waals surface area contributed by atoms with Crippen LogP contribution in [0.25, 0.3) is 0 Å². The maximum atomic E-state index is 12.6. The van der Waals surface area contributed by atoms with Crippen molar-refractivity contribution in [2.75, 3.05) is 26.2 Å². The van der Waals surface area contributed by atoms with Crippen molar-refractivity contribution in [3.8, 4) is 5.75 Å². The van der Waals surface area contributed by atoms with Crippen molar-refractivity contribution in [2.45, 2.75) is 40.0 Å². The Labute approximate surface area is 128 Å². The topological polar surface area (TPSA) is 29.5 Å². The SMILES string of the molecule is CCCOc1ccc(C)cc1C(=O)CN1CCC(C)CC1. The number of aryl methyl sites for hydroxylation is 1. The van der Waals surface area contributed by atoms with Gasteiger partial charge in [-0.1, -0.05) is 25.5 Å². The minimum Gasteiger partial charge on any atom is -0.493 e. The number of hydrogen-bond acceptors (Lipinski definition) is 3. The summed E-state index contributed by atoms with van der Waals surface area (Å²) in [6.45, 7) is 9.61. The molecule has 21 heavy (non-hydrogen) atoms. The van der Waals surface area contributed by atoms with Gasteiger partial charge in [0.1, 0.15) is 5.75 Å². The Morgan fingerprint density at radius 3 is 2.71 bits per heavy atom. The molecule has 1 aromatic rings. The van der Waals surface area contributed by atoms with Gasteiger partial charge in [-0.25, -0.2) is 0 Å². The third kappa shape index (κ3) is 4.57. The zero-order valence-corrected chi connectivity index (χ0v) is 13.5. The van der Waals surface area contributed by atoms with Gasteiger partial charge < -0.3 is 4.74 Å². The van der Waals surface area contributed by atoms with Crippen LogP contribution in [0.1, 0.15) is 49.0 Å². The summed E-state index contributed by atoms with van der Waals surface area (Å²) in [5.41, 5.74) is 1.84. The van der Waals surface area contributed by atoms with Crippen LogP contribution >= 0.6 is 0 Å². The molecule has 116 valence electrons. The molecule has 0 saturated carbocycles. The largest absolute Gasteiger partial charge is 0.493 e. The van der Waals surface area contributed by atoms with Crippen molar-refractivity contribution in [1.82, 2.24) is 4.90 Å². The van der Waals surface area contributed by atoms with Crippen LogP contribution < -0.4 is 4.74 Å². The maximum absolute atomic E-state index is 12.6. The maximum Gasteiger partial charge on any atom is 0.180 e. The normalized spacial score (nSPS) is 16.9. The first-order valence-corrected chi connectivity index (χ1v) is 8.09. The van der Waals surface area contributed by atoms with Gasteiger partial charge in [0.2, 0.25) is 0 Å². The van der Waals surface area contributed by atoms with Gasteiger partial charge in [-0.15, -0.1) is 0 Å². The predicted octanol–water partition coefficient (Wildman–Crippen LogP) is 3.70. The van der Waals surface area contributed by atoms with Crippen LogP contribution in [0.5, 0.6) is 5.75 Å². The molecule has 0 unspecified atom stereocenters. The molecular weight excluding hydrogens is 262 g/mol. The molecule has 0 radical (unpaired) electrons. The fourth-order valence-corrected chi connectivity index (χ4v) is 2.71. The van der Waals surface area contributed by atoms with Crippen molar-refractivity contribution in [3.05, 3.63) is 29.3 Å². The number of carbonyl (C=O) groups is 1. The second-order valence-corrected chi connectivity index (χ2v) is 6.23. The summed E-state index contributed by atoms with van der Waals surface area (Å²) >= 11 is 0. The van der Waals surface area contributed by atoms with Crippen LogP contribution in [-0.2, 0) is 0 Å². The number of benzene rings is 1. The first-order valence-electron chi connectivity index (χ1n) is 8.09. The standard InChI is InChI=1S/C18H27NO2/c1-4-11-21-18-6-5-15(3)12-16(18)17(20)13-19-9-7-14(2)8-10-19/h5-6,12,14H,4,7-11,13H2,1-3H3. The van der Waals surface area contributed by atoms with E-state index in [9.17, 15) is 4.79 Å². The smallest absolute Gasteiger partial charge is 0.180 e. The lowest BCUT2D eigenvalue weighted by Gasteiger charge is -2.29. The summed E-state index contributed by atoms with van der Waals surface area (Å²) in [6, 6.07) is 5.89. The van der Waals surface area contributed by atoms with Gasteiger partial charge in [0.25, 0.3) is 0 Å². The highest BCUT2D eigenvalue weighted by Crippen LogP contribution is 2.22. The van der Waals surface area contributed by atoms with Crippen molar-refractivity contribution >= 4 is 5.78 Å². The second kappa shape index (κ2) is 7.60. The Balaban J connectivity index is 2.05. The van der Waals surface area contributed by atoms with Crippen LogP contribution in [0.3, 0.4) is 0 Å². The number of rotatable bonds is 6. The molecule has 0 aromatic heterocycles. The zero-order chi connectivity index (χ0) is 15.2. The summed E-state index contributed by atoms with van der Waals surface area (Å²) in [7, 11) is 0. The van der Waals surface area contributed by atoms with Crippen LogP contribution in [0, 0.1) is 12.8 Å². The van der Waals surface area contributed by atoms with E-state index in [1.807, 2.05) is 25.1 Å². The number of ketones is 1. The van der Waals surface area contributed by atoms with E-state index >= 15 is 0 Å². The minimum absolute atomic E-state index is 0.180. The van der Waals surface area contributed by atoms with Gasteiger partial charge in [-0.3, -0.25) is 9.69 Å². The monoisotopic (exact) mass is 289 g/mol. The van der Waals surface area contributed by atoms with E-state index in [-0.39, 0.29) is 5.78 Å². The number of likely N-dealkylation sites (tertiary alicyclic amines) is 1. The van der Waals surface area contributed by atoms with Crippen LogP contribution in [0.2, 0.25) is 0 Å². The first kappa shape index (κ1) is 16.0. The number of nitrogens with zero attached hydrogens (tertiary/aromatic N) is 1. The molecule has 3 heteroatoms. The molecule has 0 spiro atoms. The van der Waals surface area contributed by atoms with Gasteiger partial charge in [0.15, 0.2) is 5.78 Å². The number of hydrogen-bond donors (Lipinski definition) is 0. The van der Waals surface area contributed by atoms with Crippen LogP contribution in [0.4, 0.5) is 0 Å². The van der Waals surface area contributed by atoms with E-state index in [2.05, 4.69) is 18.7 Å². The predicted molar refractivity (Wildman–Crippen MR) is 86.1 cm³/mol. The van der Waals surface area contributed by atoms with Gasteiger partial charge in [0, 0.05) is 0 Å². The van der Waals surface area contributed by atoms with E-state index in [1.165, 1.54) is 12.8 Å². The molecule has 2 rings (SSSR count). The molecule has 1 heterocycles. The molecule has 0 aliphatic carbocycles. The van der Waals surface area contributed by atoms with Crippen LogP contribution in [-0.4, -0.2) is 36.9 Å². The van der Waals surface area contributed by atoms with E-state index in [0.717, 1.165) is 42.3 Å². The lowest BCUT2D eigenvalue weighted by Crippen LogP contribution is -2.36. The van der Waals surface area contributed by atoms with Crippen molar-refractivity contribution in [1.29, 1.82) is 0 Å². The first-order chi connectivity index (χ1) is 10.1. The van der Waals surface area contributed by atoms with Crippen molar-refractivity contribution in [2.24, 2.45) is 5.92 Å². The molecule has 0 bridgehead atoms. The number of Topliss-reactive ketones (excluding diaryl/α,β-unsaturated/α-hetero) is 1. The van der Waals surface area contributed by atoms with Gasteiger partial charge in [-0.2, -0.15) is 0 Å². The summed E-state index contributed by atoms with van der Waals surface area (Å²) < 4.78 is 5.73. The molecule has 0 N–H and O–H groups in total. The van der Waals surface area contributed by atoms with E-state index in [4.69, 9.17) is 4.74 Å². The molecule has 1 aromatic carbocycles. The average Bonchev–Trinajstić information content (AvgIpc) is 2.48. The average molecular weight is 289 g/mol. The number of ether oxygens (including phenoxy) is 1.